The number of halogens is 2. The van der Waals surface area contributed by atoms with Gasteiger partial charge in [-0.1, -0.05) is 47.1 Å². The Morgan fingerprint density at radius 3 is 2.57 bits per heavy atom. The van der Waals surface area contributed by atoms with E-state index in [0.717, 1.165) is 12.0 Å². The van der Waals surface area contributed by atoms with Crippen molar-refractivity contribution < 1.29 is 9.53 Å². The van der Waals surface area contributed by atoms with Crippen molar-refractivity contribution >= 4 is 40.7 Å². The van der Waals surface area contributed by atoms with E-state index in [0.29, 0.717) is 39.7 Å². The van der Waals surface area contributed by atoms with Gasteiger partial charge in [0.1, 0.15) is 0 Å². The van der Waals surface area contributed by atoms with Gasteiger partial charge in [0.15, 0.2) is 16.8 Å². The van der Waals surface area contributed by atoms with E-state index in [2.05, 4.69) is 10.2 Å². The number of rotatable bonds is 9. The Bertz CT molecular complexity index is 945. The van der Waals surface area contributed by atoms with E-state index in [9.17, 15) is 4.79 Å². The van der Waals surface area contributed by atoms with Gasteiger partial charge in [-0.05, 0) is 42.8 Å². The molecule has 0 unspecified atom stereocenters. The predicted molar refractivity (Wildman–Crippen MR) is 113 cm³/mol. The Balaban J connectivity index is 1.80. The maximum absolute atomic E-state index is 12.5. The highest BCUT2D eigenvalue weighted by molar-refractivity contribution is 7.99. The molecule has 0 saturated heterocycles. The first kappa shape index (κ1) is 20.9. The molecule has 0 bridgehead atoms. The number of methoxy groups -OCH3 is 1. The topological polar surface area (TPSA) is 57.0 Å². The summed E-state index contributed by atoms with van der Waals surface area (Å²) < 4.78 is 7.15. The lowest BCUT2D eigenvalue weighted by Gasteiger charge is -2.11. The van der Waals surface area contributed by atoms with Crippen LogP contribution in [0.4, 0.5) is 0 Å². The molecule has 0 atom stereocenters. The summed E-state index contributed by atoms with van der Waals surface area (Å²) >= 11 is 13.6. The molecule has 146 valence electrons. The van der Waals surface area contributed by atoms with E-state index >= 15 is 0 Å². The van der Waals surface area contributed by atoms with Gasteiger partial charge in [0, 0.05) is 36.4 Å². The molecule has 8 heteroatoms. The van der Waals surface area contributed by atoms with Crippen LogP contribution in [0.2, 0.25) is 10.0 Å². The first-order valence-electron chi connectivity index (χ1n) is 8.68. The Morgan fingerprint density at radius 1 is 1.11 bits per heavy atom. The van der Waals surface area contributed by atoms with Crippen LogP contribution in [0.15, 0.2) is 53.7 Å². The van der Waals surface area contributed by atoms with Crippen molar-refractivity contribution in [1.82, 2.24) is 14.8 Å². The van der Waals surface area contributed by atoms with Crippen molar-refractivity contribution in [3.63, 3.8) is 0 Å². The summed E-state index contributed by atoms with van der Waals surface area (Å²) in [5, 5.41) is 10.5. The number of benzene rings is 2. The van der Waals surface area contributed by atoms with Crippen LogP contribution in [0.5, 0.6) is 0 Å². The molecule has 0 fully saturated rings. The van der Waals surface area contributed by atoms with Crippen LogP contribution in [-0.4, -0.2) is 40.0 Å². The van der Waals surface area contributed by atoms with Gasteiger partial charge < -0.3 is 9.30 Å². The van der Waals surface area contributed by atoms with Crippen LogP contribution >= 0.6 is 35.0 Å². The average Bonchev–Trinajstić information content (AvgIpc) is 3.10. The van der Waals surface area contributed by atoms with Crippen LogP contribution in [0.1, 0.15) is 16.8 Å². The number of carbonyl (C=O) groups excluding carboxylic acids is 1. The number of carbonyl (C=O) groups is 1. The van der Waals surface area contributed by atoms with Crippen molar-refractivity contribution in [3.05, 3.63) is 64.1 Å². The SMILES string of the molecule is COCCCn1c(SCC(=O)c2ccc(Cl)cc2)nnc1-c1ccccc1Cl. The Morgan fingerprint density at radius 2 is 1.86 bits per heavy atom. The molecule has 0 saturated carbocycles. The zero-order valence-corrected chi connectivity index (χ0v) is 17.6. The van der Waals surface area contributed by atoms with Gasteiger partial charge in [0.05, 0.1) is 10.8 Å². The fourth-order valence-electron chi connectivity index (χ4n) is 2.66. The van der Waals surface area contributed by atoms with E-state index in [4.69, 9.17) is 27.9 Å². The third kappa shape index (κ3) is 5.14. The van der Waals surface area contributed by atoms with E-state index in [-0.39, 0.29) is 11.5 Å². The third-order valence-corrected chi connectivity index (χ3v) is 5.61. The fourth-order valence-corrected chi connectivity index (χ4v) is 3.86. The number of aromatic nitrogens is 3. The second kappa shape index (κ2) is 10.1. The fraction of sp³-hybridized carbons (Fsp3) is 0.250. The van der Waals surface area contributed by atoms with Crippen LogP contribution in [0, 0.1) is 0 Å². The maximum atomic E-state index is 12.5. The lowest BCUT2D eigenvalue weighted by Crippen LogP contribution is -2.07. The summed E-state index contributed by atoms with van der Waals surface area (Å²) in [5.41, 5.74) is 1.43. The Hall–Kier alpha value is -1.86. The summed E-state index contributed by atoms with van der Waals surface area (Å²) in [5.74, 6) is 0.947. The lowest BCUT2D eigenvalue weighted by molar-refractivity contribution is 0.102. The van der Waals surface area contributed by atoms with Gasteiger partial charge in [0.25, 0.3) is 0 Å². The molecule has 1 heterocycles. The maximum Gasteiger partial charge on any atom is 0.191 e. The third-order valence-electron chi connectivity index (χ3n) is 4.06. The summed E-state index contributed by atoms with van der Waals surface area (Å²) in [4.78, 5) is 12.5. The Kier molecular flexibility index (Phi) is 7.50. The molecular formula is C20H19Cl2N3O2S. The monoisotopic (exact) mass is 435 g/mol. The van der Waals surface area contributed by atoms with Gasteiger partial charge in [-0.3, -0.25) is 4.79 Å². The van der Waals surface area contributed by atoms with Crippen molar-refractivity contribution in [2.75, 3.05) is 19.5 Å². The lowest BCUT2D eigenvalue weighted by atomic mass is 10.1. The minimum Gasteiger partial charge on any atom is -0.385 e. The summed E-state index contributed by atoms with van der Waals surface area (Å²) in [6.45, 7) is 1.28. The number of thioether (sulfide) groups is 1. The molecule has 0 amide bonds. The van der Waals surface area contributed by atoms with Crippen molar-refractivity contribution in [1.29, 1.82) is 0 Å². The van der Waals surface area contributed by atoms with Crippen molar-refractivity contribution in [3.8, 4) is 11.4 Å². The van der Waals surface area contributed by atoms with Gasteiger partial charge in [-0.25, -0.2) is 0 Å². The molecule has 0 aliphatic heterocycles. The Labute approximate surface area is 178 Å². The molecule has 0 spiro atoms. The smallest absolute Gasteiger partial charge is 0.191 e. The minimum atomic E-state index is 0.00685. The first-order chi connectivity index (χ1) is 13.6. The molecule has 3 rings (SSSR count). The number of ketones is 1. The highest BCUT2D eigenvalue weighted by Crippen LogP contribution is 2.29. The number of hydrogen-bond donors (Lipinski definition) is 0. The molecule has 28 heavy (non-hydrogen) atoms. The molecule has 0 aliphatic rings. The number of Topliss-reactive ketones (excluding diaryl/α,β-unsaturated/α-hetero) is 1. The zero-order chi connectivity index (χ0) is 19.9. The number of ether oxygens (including phenoxy) is 1. The second-order valence-electron chi connectivity index (χ2n) is 6.00. The molecule has 0 N–H and O–H groups in total. The first-order valence-corrected chi connectivity index (χ1v) is 10.4. The number of hydrogen-bond acceptors (Lipinski definition) is 5. The van der Waals surface area contributed by atoms with E-state index < -0.39 is 0 Å². The van der Waals surface area contributed by atoms with E-state index in [1.165, 1.54) is 11.8 Å². The molecule has 0 aliphatic carbocycles. The van der Waals surface area contributed by atoms with Crippen LogP contribution in [0.3, 0.4) is 0 Å². The van der Waals surface area contributed by atoms with E-state index in [1.807, 2.05) is 28.8 Å². The summed E-state index contributed by atoms with van der Waals surface area (Å²) in [7, 11) is 1.67. The second-order valence-corrected chi connectivity index (χ2v) is 7.79. The van der Waals surface area contributed by atoms with Crippen LogP contribution in [-0.2, 0) is 11.3 Å². The molecule has 3 aromatic rings. The molecule has 1 aromatic heterocycles. The zero-order valence-electron chi connectivity index (χ0n) is 15.3. The predicted octanol–water partition coefficient (Wildman–Crippen LogP) is 5.26. The minimum absolute atomic E-state index is 0.00685. The van der Waals surface area contributed by atoms with E-state index in [1.54, 1.807) is 31.4 Å². The quantitative estimate of drug-likeness (QED) is 0.260. The average molecular weight is 436 g/mol. The van der Waals surface area contributed by atoms with Gasteiger partial charge in [0.2, 0.25) is 0 Å². The summed E-state index contributed by atoms with van der Waals surface area (Å²) in [6.07, 6.45) is 0.796. The van der Waals surface area contributed by atoms with Gasteiger partial charge in [-0.15, -0.1) is 10.2 Å². The highest BCUT2D eigenvalue weighted by Gasteiger charge is 2.17. The highest BCUT2D eigenvalue weighted by atomic mass is 35.5. The number of nitrogens with zero attached hydrogens (tertiary/aromatic N) is 3. The van der Waals surface area contributed by atoms with Crippen LogP contribution < -0.4 is 0 Å². The molecule has 2 aromatic carbocycles. The van der Waals surface area contributed by atoms with Crippen molar-refractivity contribution in [2.45, 2.75) is 18.1 Å². The molecule has 5 nitrogen and oxygen atoms in total. The van der Waals surface area contributed by atoms with Gasteiger partial charge in [-0.2, -0.15) is 0 Å². The standard InChI is InChI=1S/C20H19Cl2N3O2S/c1-27-12-4-11-25-19(16-5-2-3-6-17(16)22)23-24-20(25)28-13-18(26)14-7-9-15(21)10-8-14/h2-3,5-10H,4,11-13H2,1H3. The summed E-state index contributed by atoms with van der Waals surface area (Å²) in [6, 6.07) is 14.4. The van der Waals surface area contributed by atoms with Crippen molar-refractivity contribution in [2.24, 2.45) is 0 Å². The molecular weight excluding hydrogens is 417 g/mol. The van der Waals surface area contributed by atoms with Crippen LogP contribution in [0.25, 0.3) is 11.4 Å². The van der Waals surface area contributed by atoms with Gasteiger partial charge >= 0.3 is 0 Å². The molecule has 0 radical (unpaired) electrons. The normalized spacial score (nSPS) is 11.0. The largest absolute Gasteiger partial charge is 0.385 e.